The predicted molar refractivity (Wildman–Crippen MR) is 78.8 cm³/mol. The zero-order valence-electron chi connectivity index (χ0n) is 10.4. The summed E-state index contributed by atoms with van der Waals surface area (Å²) in [4.78, 5) is 0. The number of hydrogen-bond donors (Lipinski definition) is 1. The SMILES string of the molecule is CC1(C)CCC(Nc2ccc(Br)c(Cl)c2)CC1. The Balaban J connectivity index is 1.95. The first-order valence-corrected chi connectivity index (χ1v) is 7.35. The molecule has 1 N–H and O–H groups in total. The first-order chi connectivity index (χ1) is 7.96. The standard InChI is InChI=1S/C14H19BrClN/c1-14(2)7-5-10(6-8-14)17-11-3-4-12(15)13(16)9-11/h3-4,9-10,17H,5-8H2,1-2H3. The van der Waals surface area contributed by atoms with Crippen molar-refractivity contribution in [2.24, 2.45) is 5.41 Å². The maximum Gasteiger partial charge on any atom is 0.0568 e. The molecule has 0 bridgehead atoms. The number of anilines is 1. The maximum absolute atomic E-state index is 6.09. The van der Waals surface area contributed by atoms with Crippen LogP contribution in [-0.4, -0.2) is 6.04 Å². The van der Waals surface area contributed by atoms with Crippen LogP contribution in [0.4, 0.5) is 5.69 Å². The second-order valence-electron chi connectivity index (χ2n) is 5.71. The van der Waals surface area contributed by atoms with E-state index in [1.165, 1.54) is 25.7 Å². The van der Waals surface area contributed by atoms with E-state index in [9.17, 15) is 0 Å². The maximum atomic E-state index is 6.09. The van der Waals surface area contributed by atoms with E-state index in [0.29, 0.717) is 11.5 Å². The molecule has 1 aliphatic rings. The number of hydrogen-bond acceptors (Lipinski definition) is 1. The zero-order chi connectivity index (χ0) is 12.5. The molecule has 1 aliphatic carbocycles. The van der Waals surface area contributed by atoms with Crippen molar-refractivity contribution in [2.45, 2.75) is 45.6 Å². The fourth-order valence-electron chi connectivity index (χ4n) is 2.37. The lowest BCUT2D eigenvalue weighted by Crippen LogP contribution is -2.29. The number of nitrogens with one attached hydrogen (secondary N) is 1. The molecule has 0 heterocycles. The van der Waals surface area contributed by atoms with Gasteiger partial charge >= 0.3 is 0 Å². The van der Waals surface area contributed by atoms with Gasteiger partial charge in [0.05, 0.1) is 5.02 Å². The van der Waals surface area contributed by atoms with Gasteiger partial charge in [0.25, 0.3) is 0 Å². The van der Waals surface area contributed by atoms with Gasteiger partial charge in [-0.3, -0.25) is 0 Å². The molecule has 1 nitrogen and oxygen atoms in total. The highest BCUT2D eigenvalue weighted by Crippen LogP contribution is 2.36. The van der Waals surface area contributed by atoms with E-state index in [2.05, 4.69) is 41.2 Å². The monoisotopic (exact) mass is 315 g/mol. The molecule has 1 aromatic carbocycles. The van der Waals surface area contributed by atoms with E-state index in [4.69, 9.17) is 11.6 Å². The lowest BCUT2D eigenvalue weighted by molar-refractivity contribution is 0.232. The summed E-state index contributed by atoms with van der Waals surface area (Å²) >= 11 is 9.50. The number of benzene rings is 1. The third-order valence-electron chi connectivity index (χ3n) is 3.63. The minimum atomic E-state index is 0.523. The first-order valence-electron chi connectivity index (χ1n) is 6.18. The van der Waals surface area contributed by atoms with Crippen LogP contribution in [0.1, 0.15) is 39.5 Å². The summed E-state index contributed by atoms with van der Waals surface area (Å²) in [6.07, 6.45) is 5.10. The summed E-state index contributed by atoms with van der Waals surface area (Å²) < 4.78 is 0.953. The summed E-state index contributed by atoms with van der Waals surface area (Å²) in [6, 6.07) is 6.67. The largest absolute Gasteiger partial charge is 0.382 e. The molecule has 1 saturated carbocycles. The summed E-state index contributed by atoms with van der Waals surface area (Å²) in [7, 11) is 0. The van der Waals surface area contributed by atoms with Crippen LogP contribution in [0, 0.1) is 5.41 Å². The molecule has 17 heavy (non-hydrogen) atoms. The third kappa shape index (κ3) is 3.62. The highest BCUT2D eigenvalue weighted by molar-refractivity contribution is 9.10. The van der Waals surface area contributed by atoms with Gasteiger partial charge < -0.3 is 5.32 Å². The second kappa shape index (κ2) is 5.19. The average molecular weight is 317 g/mol. The molecule has 0 saturated heterocycles. The molecule has 94 valence electrons. The topological polar surface area (TPSA) is 12.0 Å². The molecule has 1 aromatic rings. The van der Waals surface area contributed by atoms with Crippen LogP contribution in [0.25, 0.3) is 0 Å². The summed E-state index contributed by atoms with van der Waals surface area (Å²) in [5, 5.41) is 4.35. The van der Waals surface area contributed by atoms with Crippen LogP contribution in [0.15, 0.2) is 22.7 Å². The van der Waals surface area contributed by atoms with Crippen molar-refractivity contribution in [1.29, 1.82) is 0 Å². The van der Waals surface area contributed by atoms with Crippen molar-refractivity contribution in [2.75, 3.05) is 5.32 Å². The molecule has 0 aliphatic heterocycles. The Hall–Kier alpha value is -0.210. The van der Waals surface area contributed by atoms with Gasteiger partial charge in [0, 0.05) is 16.2 Å². The van der Waals surface area contributed by atoms with Gasteiger partial charge in [0.2, 0.25) is 0 Å². The molecule has 0 aromatic heterocycles. The Morgan fingerprint density at radius 3 is 2.53 bits per heavy atom. The Bertz CT molecular complexity index is 393. The summed E-state index contributed by atoms with van der Waals surface area (Å²) in [5.41, 5.74) is 1.65. The molecule has 1 fully saturated rings. The minimum Gasteiger partial charge on any atom is -0.382 e. The molecule has 2 rings (SSSR count). The van der Waals surface area contributed by atoms with Crippen molar-refractivity contribution >= 4 is 33.2 Å². The van der Waals surface area contributed by atoms with Gasteiger partial charge in [-0.25, -0.2) is 0 Å². The van der Waals surface area contributed by atoms with Gasteiger partial charge in [0.1, 0.15) is 0 Å². The molecule has 0 radical (unpaired) electrons. The van der Waals surface area contributed by atoms with Crippen LogP contribution in [0.2, 0.25) is 5.02 Å². The van der Waals surface area contributed by atoms with Crippen LogP contribution in [0.5, 0.6) is 0 Å². The molecule has 0 spiro atoms. The summed E-state index contributed by atoms with van der Waals surface area (Å²) in [5.74, 6) is 0. The normalized spacial score (nSPS) is 20.2. The van der Waals surface area contributed by atoms with Crippen molar-refractivity contribution < 1.29 is 0 Å². The van der Waals surface area contributed by atoms with Crippen LogP contribution in [-0.2, 0) is 0 Å². The quantitative estimate of drug-likeness (QED) is 0.761. The van der Waals surface area contributed by atoms with E-state index >= 15 is 0 Å². The van der Waals surface area contributed by atoms with Gasteiger partial charge in [-0.15, -0.1) is 0 Å². The molecule has 0 atom stereocenters. The van der Waals surface area contributed by atoms with E-state index in [-0.39, 0.29) is 0 Å². The Morgan fingerprint density at radius 1 is 1.29 bits per heavy atom. The Kier molecular flexibility index (Phi) is 4.04. The Morgan fingerprint density at radius 2 is 1.94 bits per heavy atom. The summed E-state index contributed by atoms with van der Waals surface area (Å²) in [6.45, 7) is 4.72. The van der Waals surface area contributed by atoms with Gasteiger partial charge in [-0.2, -0.15) is 0 Å². The predicted octanol–water partition coefficient (Wildman–Crippen LogP) is 5.48. The molecule has 3 heteroatoms. The molecule has 0 unspecified atom stereocenters. The smallest absolute Gasteiger partial charge is 0.0568 e. The molecular formula is C14H19BrClN. The number of rotatable bonds is 2. The van der Waals surface area contributed by atoms with Crippen molar-refractivity contribution in [3.63, 3.8) is 0 Å². The molecular weight excluding hydrogens is 298 g/mol. The van der Waals surface area contributed by atoms with Crippen molar-refractivity contribution in [3.05, 3.63) is 27.7 Å². The van der Waals surface area contributed by atoms with Gasteiger partial charge in [0.15, 0.2) is 0 Å². The first kappa shape index (κ1) is 13.2. The highest BCUT2D eigenvalue weighted by atomic mass is 79.9. The second-order valence-corrected chi connectivity index (χ2v) is 6.97. The highest BCUT2D eigenvalue weighted by Gasteiger charge is 2.26. The minimum absolute atomic E-state index is 0.523. The van der Waals surface area contributed by atoms with Crippen LogP contribution in [0.3, 0.4) is 0 Å². The van der Waals surface area contributed by atoms with E-state index < -0.39 is 0 Å². The van der Waals surface area contributed by atoms with Gasteiger partial charge in [-0.1, -0.05) is 25.4 Å². The fraction of sp³-hybridized carbons (Fsp3) is 0.571. The third-order valence-corrected chi connectivity index (χ3v) is 4.86. The fourth-order valence-corrected chi connectivity index (χ4v) is 2.79. The van der Waals surface area contributed by atoms with Gasteiger partial charge in [-0.05, 0) is 65.2 Å². The van der Waals surface area contributed by atoms with Crippen molar-refractivity contribution in [3.8, 4) is 0 Å². The van der Waals surface area contributed by atoms with E-state index in [0.717, 1.165) is 15.2 Å². The average Bonchev–Trinajstić information content (AvgIpc) is 2.27. The van der Waals surface area contributed by atoms with Crippen LogP contribution >= 0.6 is 27.5 Å². The molecule has 0 amide bonds. The van der Waals surface area contributed by atoms with Crippen molar-refractivity contribution in [1.82, 2.24) is 0 Å². The Labute approximate surface area is 117 Å². The van der Waals surface area contributed by atoms with Crippen LogP contribution < -0.4 is 5.32 Å². The zero-order valence-corrected chi connectivity index (χ0v) is 12.7. The lowest BCUT2D eigenvalue weighted by atomic mass is 9.75. The lowest BCUT2D eigenvalue weighted by Gasteiger charge is -2.35. The van der Waals surface area contributed by atoms with E-state index in [1.54, 1.807) is 0 Å². The van der Waals surface area contributed by atoms with E-state index in [1.807, 2.05) is 12.1 Å². The number of halogens is 2.